The van der Waals surface area contributed by atoms with Crippen molar-refractivity contribution < 1.29 is 18.8 Å². The van der Waals surface area contributed by atoms with Gasteiger partial charge < -0.3 is 14.5 Å². The van der Waals surface area contributed by atoms with Gasteiger partial charge in [-0.3, -0.25) is 4.90 Å². The number of hydrogen-bond donors (Lipinski definition) is 0. The minimum atomic E-state index is -0.245. The summed E-state index contributed by atoms with van der Waals surface area (Å²) in [5.74, 6) is 0.751. The maximum atomic E-state index is 13.9. The topological polar surface area (TPSA) is 48.3 Å². The van der Waals surface area contributed by atoms with Gasteiger partial charge in [-0.25, -0.2) is 9.18 Å². The number of piperazine rings is 1. The molecule has 0 aliphatic carbocycles. The van der Waals surface area contributed by atoms with E-state index >= 15 is 0 Å². The van der Waals surface area contributed by atoms with Gasteiger partial charge in [0.1, 0.15) is 11.6 Å². The monoisotopic (exact) mass is 387 g/mol. The summed E-state index contributed by atoms with van der Waals surface area (Å²) in [6.45, 7) is 5.75. The molecule has 1 unspecified atom stereocenters. The van der Waals surface area contributed by atoms with E-state index in [2.05, 4.69) is 33.7 Å². The first-order valence-electron chi connectivity index (χ1n) is 9.32. The molecule has 0 N–H and O–H groups in total. The van der Waals surface area contributed by atoms with Crippen molar-refractivity contribution in [3.63, 3.8) is 0 Å². The number of halogens is 1. The van der Waals surface area contributed by atoms with Gasteiger partial charge in [0, 0.05) is 32.2 Å². The standard InChI is InChI=1S/C19H23FN2O.C2H3NO2/c1-15(16-6-5-7-17(14-16)23-2)21-10-12-22(13-11-21)19-9-4-3-8-18(19)20;1-3-2(4)5-3/h3-9,14-15H,10-13H2,1-2H3;1H3. The van der Waals surface area contributed by atoms with Crippen molar-refractivity contribution in [2.75, 3.05) is 45.2 Å². The number of carbonyl (C=O) groups is 1. The summed E-state index contributed by atoms with van der Waals surface area (Å²) in [7, 11) is 3.25. The molecule has 0 aromatic heterocycles. The number of anilines is 1. The number of hydrogen-bond acceptors (Lipinski definition) is 5. The Morgan fingerprint density at radius 2 is 1.71 bits per heavy atom. The summed E-state index contributed by atoms with van der Waals surface area (Å²) in [5.41, 5.74) is 1.96. The predicted octanol–water partition coefficient (Wildman–Crippen LogP) is 3.70. The van der Waals surface area contributed by atoms with Gasteiger partial charge in [0.2, 0.25) is 0 Å². The number of ether oxygens (including phenoxy) is 1. The molecule has 2 aliphatic rings. The highest BCUT2D eigenvalue weighted by molar-refractivity contribution is 5.75. The van der Waals surface area contributed by atoms with Gasteiger partial charge in [-0.1, -0.05) is 24.3 Å². The Labute approximate surface area is 165 Å². The second-order valence-corrected chi connectivity index (χ2v) is 6.78. The van der Waals surface area contributed by atoms with Crippen molar-refractivity contribution >= 4 is 11.8 Å². The third kappa shape index (κ3) is 4.92. The summed E-state index contributed by atoms with van der Waals surface area (Å²) < 4.78 is 19.2. The quantitative estimate of drug-likeness (QED) is 0.749. The van der Waals surface area contributed by atoms with Crippen molar-refractivity contribution in [2.45, 2.75) is 13.0 Å². The van der Waals surface area contributed by atoms with Crippen LogP contribution in [0.15, 0.2) is 48.5 Å². The molecule has 1 amide bonds. The Morgan fingerprint density at radius 3 is 2.29 bits per heavy atom. The second kappa shape index (κ2) is 8.93. The molecule has 4 rings (SSSR count). The number of methoxy groups -OCH3 is 1. The zero-order chi connectivity index (χ0) is 20.1. The van der Waals surface area contributed by atoms with Crippen LogP contribution in [0.4, 0.5) is 14.9 Å². The maximum absolute atomic E-state index is 13.9. The lowest BCUT2D eigenvalue weighted by atomic mass is 10.1. The lowest BCUT2D eigenvalue weighted by Gasteiger charge is -2.39. The van der Waals surface area contributed by atoms with E-state index in [-0.39, 0.29) is 11.9 Å². The van der Waals surface area contributed by atoms with E-state index in [4.69, 9.17) is 4.74 Å². The van der Waals surface area contributed by atoms with Gasteiger partial charge in [-0.05, 0) is 36.8 Å². The lowest BCUT2D eigenvalue weighted by molar-refractivity contribution is 0.198. The van der Waals surface area contributed by atoms with E-state index in [1.807, 2.05) is 24.3 Å². The van der Waals surface area contributed by atoms with Crippen LogP contribution in [0.25, 0.3) is 0 Å². The van der Waals surface area contributed by atoms with E-state index in [0.29, 0.717) is 11.7 Å². The number of hydroxylamine groups is 2. The molecule has 2 aromatic rings. The van der Waals surface area contributed by atoms with Crippen LogP contribution in [0.3, 0.4) is 0 Å². The van der Waals surface area contributed by atoms with Gasteiger partial charge in [-0.15, -0.1) is 5.06 Å². The fourth-order valence-corrected chi connectivity index (χ4v) is 3.27. The molecule has 0 radical (unpaired) electrons. The van der Waals surface area contributed by atoms with Gasteiger partial charge in [-0.2, -0.15) is 0 Å². The van der Waals surface area contributed by atoms with Gasteiger partial charge in [0.05, 0.1) is 19.8 Å². The molecule has 28 heavy (non-hydrogen) atoms. The highest BCUT2D eigenvalue weighted by Crippen LogP contribution is 2.27. The molecular formula is C21H26FN3O3. The van der Waals surface area contributed by atoms with Crippen molar-refractivity contribution in [1.29, 1.82) is 0 Å². The first kappa shape index (κ1) is 19.9. The summed E-state index contributed by atoms with van der Waals surface area (Å²) in [6, 6.07) is 15.6. The summed E-state index contributed by atoms with van der Waals surface area (Å²) in [6.07, 6.45) is -0.245. The van der Waals surface area contributed by atoms with Gasteiger partial charge >= 0.3 is 6.09 Å². The zero-order valence-electron chi connectivity index (χ0n) is 16.5. The Balaban J connectivity index is 0.000000391. The number of nitrogens with zero attached hydrogens (tertiary/aromatic N) is 3. The SMILES string of the molecule is CN1OC1=O.COc1cccc(C(C)N2CCN(c3ccccc3F)CC2)c1. The molecule has 0 spiro atoms. The van der Waals surface area contributed by atoms with Gasteiger partial charge in [0.25, 0.3) is 0 Å². The van der Waals surface area contributed by atoms with Crippen LogP contribution < -0.4 is 9.64 Å². The van der Waals surface area contributed by atoms with E-state index in [0.717, 1.165) is 37.0 Å². The van der Waals surface area contributed by atoms with Crippen LogP contribution in [0.1, 0.15) is 18.5 Å². The van der Waals surface area contributed by atoms with Gasteiger partial charge in [0.15, 0.2) is 0 Å². The molecule has 7 heteroatoms. The average Bonchev–Trinajstić information content (AvgIpc) is 3.40. The average molecular weight is 387 g/mol. The maximum Gasteiger partial charge on any atom is 0.467 e. The summed E-state index contributed by atoms with van der Waals surface area (Å²) in [4.78, 5) is 18.3. The fourth-order valence-electron chi connectivity index (χ4n) is 3.27. The number of para-hydroxylation sites is 1. The molecule has 0 bridgehead atoms. The van der Waals surface area contributed by atoms with E-state index in [1.165, 1.54) is 11.6 Å². The van der Waals surface area contributed by atoms with Crippen LogP contribution in [0.2, 0.25) is 0 Å². The Kier molecular flexibility index (Phi) is 6.36. The summed E-state index contributed by atoms with van der Waals surface area (Å²) >= 11 is 0. The van der Waals surface area contributed by atoms with Crippen LogP contribution in [0, 0.1) is 5.82 Å². The van der Waals surface area contributed by atoms with Crippen LogP contribution in [0.5, 0.6) is 5.75 Å². The number of amides is 1. The molecule has 2 fully saturated rings. The highest BCUT2D eigenvalue weighted by Gasteiger charge is 2.28. The third-order valence-electron chi connectivity index (χ3n) is 5.07. The van der Waals surface area contributed by atoms with Crippen LogP contribution in [-0.4, -0.2) is 56.4 Å². The predicted molar refractivity (Wildman–Crippen MR) is 106 cm³/mol. The summed E-state index contributed by atoms with van der Waals surface area (Å²) in [5, 5.41) is 1.15. The molecule has 2 saturated heterocycles. The van der Waals surface area contributed by atoms with Crippen molar-refractivity contribution in [1.82, 2.24) is 9.96 Å². The molecule has 2 heterocycles. The molecule has 1 atom stereocenters. The first-order valence-corrected chi connectivity index (χ1v) is 9.32. The molecule has 0 saturated carbocycles. The minimum Gasteiger partial charge on any atom is -0.497 e. The van der Waals surface area contributed by atoms with Crippen molar-refractivity contribution in [3.8, 4) is 5.75 Å². The smallest absolute Gasteiger partial charge is 0.467 e. The Hall–Kier alpha value is -2.80. The molecule has 2 aliphatic heterocycles. The van der Waals surface area contributed by atoms with E-state index < -0.39 is 0 Å². The largest absolute Gasteiger partial charge is 0.497 e. The Morgan fingerprint density at radius 1 is 1.07 bits per heavy atom. The number of benzene rings is 2. The molecule has 150 valence electrons. The van der Waals surface area contributed by atoms with E-state index in [1.54, 1.807) is 20.2 Å². The van der Waals surface area contributed by atoms with Crippen LogP contribution in [-0.2, 0) is 4.84 Å². The number of rotatable bonds is 4. The fraction of sp³-hybridized carbons (Fsp3) is 0.381. The number of carbonyl (C=O) groups excluding carboxylic acids is 1. The molecule has 2 aromatic carbocycles. The third-order valence-corrected chi connectivity index (χ3v) is 5.07. The highest BCUT2D eigenvalue weighted by atomic mass is 19.1. The lowest BCUT2D eigenvalue weighted by Crippen LogP contribution is -2.47. The first-order chi connectivity index (χ1) is 13.5. The van der Waals surface area contributed by atoms with E-state index in [9.17, 15) is 9.18 Å². The zero-order valence-corrected chi connectivity index (χ0v) is 16.5. The van der Waals surface area contributed by atoms with Crippen molar-refractivity contribution in [2.24, 2.45) is 0 Å². The second-order valence-electron chi connectivity index (χ2n) is 6.78. The van der Waals surface area contributed by atoms with Crippen molar-refractivity contribution in [3.05, 3.63) is 59.9 Å². The Bertz CT molecular complexity index is 809. The normalized spacial score (nSPS) is 17.4. The molecular weight excluding hydrogens is 361 g/mol. The molecule has 6 nitrogen and oxygen atoms in total. The minimum absolute atomic E-state index is 0.137. The van der Waals surface area contributed by atoms with Crippen LogP contribution >= 0.6 is 0 Å².